The van der Waals surface area contributed by atoms with E-state index in [-0.39, 0.29) is 0 Å². The lowest BCUT2D eigenvalue weighted by atomic mass is 9.96. The number of hydrogen-bond donors (Lipinski definition) is 1. The van der Waals surface area contributed by atoms with Crippen LogP contribution in [0.2, 0.25) is 0 Å². The highest BCUT2D eigenvalue weighted by molar-refractivity contribution is 9.10. The van der Waals surface area contributed by atoms with Gasteiger partial charge in [0.15, 0.2) is 5.75 Å². The van der Waals surface area contributed by atoms with E-state index < -0.39 is 0 Å². The summed E-state index contributed by atoms with van der Waals surface area (Å²) in [4.78, 5) is 4.31. The van der Waals surface area contributed by atoms with Crippen LogP contribution in [-0.4, -0.2) is 11.1 Å². The number of fused-ring (bicyclic) bond motifs is 1. The molecule has 0 radical (unpaired) electrons. The number of ether oxygens (including phenoxy) is 1. The fraction of sp³-hybridized carbons (Fsp3) is 0.308. The lowest BCUT2D eigenvalue weighted by Crippen LogP contribution is -2.25. The number of benzene rings is 1. The van der Waals surface area contributed by atoms with Gasteiger partial charge in [-0.1, -0.05) is 15.9 Å². The topological polar surface area (TPSA) is 48.1 Å². The first-order chi connectivity index (χ1) is 8.24. The summed E-state index contributed by atoms with van der Waals surface area (Å²) >= 11 is 3.46. The number of aromatic nitrogens is 1. The molecular formula is C13H13BrN2O. The Morgan fingerprint density at radius 1 is 1.35 bits per heavy atom. The van der Waals surface area contributed by atoms with Gasteiger partial charge in [-0.05, 0) is 37.5 Å². The van der Waals surface area contributed by atoms with Crippen molar-refractivity contribution in [2.75, 3.05) is 5.73 Å². The van der Waals surface area contributed by atoms with Crippen LogP contribution in [0.5, 0.6) is 5.75 Å². The van der Waals surface area contributed by atoms with Crippen LogP contribution < -0.4 is 10.5 Å². The maximum absolute atomic E-state index is 5.96. The average molecular weight is 293 g/mol. The van der Waals surface area contributed by atoms with Gasteiger partial charge in [0.05, 0.1) is 23.5 Å². The molecule has 3 nitrogen and oxygen atoms in total. The second-order valence-electron chi connectivity index (χ2n) is 4.37. The summed E-state index contributed by atoms with van der Waals surface area (Å²) in [5.41, 5.74) is 7.49. The summed E-state index contributed by atoms with van der Waals surface area (Å²) in [6.45, 7) is 0. The molecule has 0 saturated heterocycles. The Bertz CT molecular complexity index is 561. The zero-order chi connectivity index (χ0) is 11.8. The van der Waals surface area contributed by atoms with Crippen LogP contribution in [0.1, 0.15) is 19.3 Å². The monoisotopic (exact) mass is 292 g/mol. The van der Waals surface area contributed by atoms with Gasteiger partial charge >= 0.3 is 0 Å². The number of halogens is 1. The van der Waals surface area contributed by atoms with Crippen LogP contribution >= 0.6 is 15.9 Å². The van der Waals surface area contributed by atoms with Gasteiger partial charge in [0.1, 0.15) is 0 Å². The molecule has 88 valence electrons. The molecule has 1 heterocycles. The van der Waals surface area contributed by atoms with Gasteiger partial charge in [-0.3, -0.25) is 4.98 Å². The predicted molar refractivity (Wildman–Crippen MR) is 72.1 cm³/mol. The predicted octanol–water partition coefficient (Wildman–Crippen LogP) is 3.51. The van der Waals surface area contributed by atoms with Crippen LogP contribution in [0.3, 0.4) is 0 Å². The van der Waals surface area contributed by atoms with Crippen molar-refractivity contribution < 1.29 is 4.74 Å². The molecule has 0 unspecified atom stereocenters. The molecule has 0 bridgehead atoms. The molecule has 0 atom stereocenters. The molecule has 0 spiro atoms. The van der Waals surface area contributed by atoms with Gasteiger partial charge < -0.3 is 10.5 Å². The third-order valence-electron chi connectivity index (χ3n) is 3.14. The van der Waals surface area contributed by atoms with Crippen LogP contribution in [0.15, 0.2) is 28.9 Å². The first kappa shape index (κ1) is 10.8. The molecule has 3 rings (SSSR count). The standard InChI is InChI=1S/C13H13BrN2O/c14-8-4-5-12-10(6-8)13(11(15)7-16-12)17-9-2-1-3-9/h4-7,9H,1-3,15H2. The first-order valence-corrected chi connectivity index (χ1v) is 6.54. The van der Waals surface area contributed by atoms with E-state index in [1.54, 1.807) is 6.20 Å². The molecule has 0 amide bonds. The maximum atomic E-state index is 5.96. The Balaban J connectivity index is 2.11. The third kappa shape index (κ3) is 1.97. The molecule has 17 heavy (non-hydrogen) atoms. The Morgan fingerprint density at radius 3 is 2.88 bits per heavy atom. The number of nitrogen functional groups attached to an aromatic ring is 1. The number of pyridine rings is 1. The Labute approximate surface area is 108 Å². The number of nitrogens with two attached hydrogens (primary N) is 1. The van der Waals surface area contributed by atoms with E-state index in [0.29, 0.717) is 11.8 Å². The van der Waals surface area contributed by atoms with Crippen molar-refractivity contribution >= 4 is 32.5 Å². The molecular weight excluding hydrogens is 280 g/mol. The van der Waals surface area contributed by atoms with E-state index in [2.05, 4.69) is 20.9 Å². The summed E-state index contributed by atoms with van der Waals surface area (Å²) in [6, 6.07) is 5.94. The molecule has 1 saturated carbocycles. The summed E-state index contributed by atoms with van der Waals surface area (Å²) in [6.07, 6.45) is 5.48. The van der Waals surface area contributed by atoms with Crippen molar-refractivity contribution in [2.24, 2.45) is 0 Å². The van der Waals surface area contributed by atoms with E-state index in [1.165, 1.54) is 6.42 Å². The van der Waals surface area contributed by atoms with Crippen molar-refractivity contribution in [2.45, 2.75) is 25.4 Å². The molecule has 1 aliphatic carbocycles. The lowest BCUT2D eigenvalue weighted by molar-refractivity contribution is 0.123. The van der Waals surface area contributed by atoms with Crippen molar-refractivity contribution in [3.63, 3.8) is 0 Å². The van der Waals surface area contributed by atoms with Gasteiger partial charge in [0.25, 0.3) is 0 Å². The van der Waals surface area contributed by atoms with E-state index >= 15 is 0 Å². The summed E-state index contributed by atoms with van der Waals surface area (Å²) in [7, 11) is 0. The summed E-state index contributed by atoms with van der Waals surface area (Å²) < 4.78 is 6.97. The number of anilines is 1. The molecule has 1 aliphatic rings. The minimum absolute atomic E-state index is 0.321. The third-order valence-corrected chi connectivity index (χ3v) is 3.64. The molecule has 1 aromatic carbocycles. The smallest absolute Gasteiger partial charge is 0.153 e. The summed E-state index contributed by atoms with van der Waals surface area (Å²) in [5.74, 6) is 0.779. The van der Waals surface area contributed by atoms with Gasteiger partial charge in [-0.2, -0.15) is 0 Å². The van der Waals surface area contributed by atoms with Gasteiger partial charge in [0.2, 0.25) is 0 Å². The fourth-order valence-electron chi connectivity index (χ4n) is 1.94. The number of hydrogen-bond acceptors (Lipinski definition) is 3. The van der Waals surface area contributed by atoms with Gasteiger partial charge in [0, 0.05) is 9.86 Å². The van der Waals surface area contributed by atoms with Crippen LogP contribution in [0.25, 0.3) is 10.9 Å². The first-order valence-electron chi connectivity index (χ1n) is 5.74. The molecule has 1 aromatic heterocycles. The molecule has 4 heteroatoms. The van der Waals surface area contributed by atoms with E-state index in [9.17, 15) is 0 Å². The second-order valence-corrected chi connectivity index (χ2v) is 5.29. The minimum Gasteiger partial charge on any atom is -0.487 e. The van der Waals surface area contributed by atoms with E-state index in [4.69, 9.17) is 10.5 Å². The highest BCUT2D eigenvalue weighted by Crippen LogP contribution is 2.35. The second kappa shape index (κ2) is 4.18. The maximum Gasteiger partial charge on any atom is 0.153 e. The number of rotatable bonds is 2. The molecule has 1 fully saturated rings. The van der Waals surface area contributed by atoms with Crippen LogP contribution in [-0.2, 0) is 0 Å². The van der Waals surface area contributed by atoms with Gasteiger partial charge in [-0.15, -0.1) is 0 Å². The Kier molecular flexibility index (Phi) is 2.67. The van der Waals surface area contributed by atoms with E-state index in [1.807, 2.05) is 18.2 Å². The average Bonchev–Trinajstić information content (AvgIpc) is 2.25. The SMILES string of the molecule is Nc1cnc2ccc(Br)cc2c1OC1CCC1. The number of nitrogens with zero attached hydrogens (tertiary/aromatic N) is 1. The zero-order valence-electron chi connectivity index (χ0n) is 9.32. The van der Waals surface area contributed by atoms with Gasteiger partial charge in [-0.25, -0.2) is 0 Å². The highest BCUT2D eigenvalue weighted by atomic mass is 79.9. The van der Waals surface area contributed by atoms with Crippen molar-refractivity contribution in [3.05, 3.63) is 28.9 Å². The zero-order valence-corrected chi connectivity index (χ0v) is 10.9. The minimum atomic E-state index is 0.321. The highest BCUT2D eigenvalue weighted by Gasteiger charge is 2.21. The Hall–Kier alpha value is -1.29. The normalized spacial score (nSPS) is 15.8. The van der Waals surface area contributed by atoms with Crippen LogP contribution in [0, 0.1) is 0 Å². The quantitative estimate of drug-likeness (QED) is 0.921. The van der Waals surface area contributed by atoms with E-state index in [0.717, 1.165) is 34.0 Å². The molecule has 0 aliphatic heterocycles. The molecule has 2 aromatic rings. The van der Waals surface area contributed by atoms with Crippen molar-refractivity contribution in [1.29, 1.82) is 0 Å². The lowest BCUT2D eigenvalue weighted by Gasteiger charge is -2.27. The summed E-state index contributed by atoms with van der Waals surface area (Å²) in [5, 5.41) is 0.978. The van der Waals surface area contributed by atoms with Crippen molar-refractivity contribution in [1.82, 2.24) is 4.98 Å². The fourth-order valence-corrected chi connectivity index (χ4v) is 2.30. The molecule has 2 N–H and O–H groups in total. The van der Waals surface area contributed by atoms with Crippen LogP contribution in [0.4, 0.5) is 5.69 Å². The largest absolute Gasteiger partial charge is 0.487 e. The van der Waals surface area contributed by atoms with Crippen molar-refractivity contribution in [3.8, 4) is 5.75 Å². The Morgan fingerprint density at radius 2 is 2.18 bits per heavy atom.